The van der Waals surface area contributed by atoms with Gasteiger partial charge in [-0.05, 0) is 30.9 Å². The maximum Gasteiger partial charge on any atom is 0.458 e. The van der Waals surface area contributed by atoms with E-state index in [-0.39, 0.29) is 23.0 Å². The lowest BCUT2D eigenvalue weighted by Crippen LogP contribution is -2.35. The Bertz CT molecular complexity index is 1110. The number of ether oxygens (including phenoxy) is 1. The molecule has 174 valence electrons. The molecule has 0 bridgehead atoms. The summed E-state index contributed by atoms with van der Waals surface area (Å²) >= 11 is -0.0310. The van der Waals surface area contributed by atoms with Crippen LogP contribution < -0.4 is 10.1 Å². The highest BCUT2D eigenvalue weighted by Crippen LogP contribution is 2.49. The third kappa shape index (κ3) is 5.85. The summed E-state index contributed by atoms with van der Waals surface area (Å²) in [6.07, 6.45) is -2.22. The van der Waals surface area contributed by atoms with Gasteiger partial charge in [-0.1, -0.05) is 24.3 Å². The molecule has 0 saturated heterocycles. The van der Waals surface area contributed by atoms with Crippen molar-refractivity contribution in [3.05, 3.63) is 57.6 Å². The quantitative estimate of drug-likeness (QED) is 0.507. The van der Waals surface area contributed by atoms with E-state index < -0.39 is 49.4 Å². The average Bonchev–Trinajstić information content (AvgIpc) is 3.44. The van der Waals surface area contributed by atoms with Crippen LogP contribution in [-0.4, -0.2) is 32.8 Å². The fraction of sp³-hybridized carbons (Fsp3) is 0.350. The van der Waals surface area contributed by atoms with Gasteiger partial charge in [-0.2, -0.15) is 22.0 Å². The predicted molar refractivity (Wildman–Crippen MR) is 109 cm³/mol. The molecule has 1 atom stereocenters. The first-order chi connectivity index (χ1) is 14.8. The predicted octanol–water partition coefficient (Wildman–Crippen LogP) is 5.26. The molecule has 1 aromatic heterocycles. The molecule has 1 N–H and O–H groups in total. The normalized spacial score (nSPS) is 16.2. The van der Waals surface area contributed by atoms with Crippen molar-refractivity contribution in [1.29, 1.82) is 0 Å². The lowest BCUT2D eigenvalue weighted by molar-refractivity contribution is -0.287. The van der Waals surface area contributed by atoms with Crippen LogP contribution >= 0.6 is 11.3 Å². The first-order valence-electron chi connectivity index (χ1n) is 9.29. The van der Waals surface area contributed by atoms with Crippen molar-refractivity contribution in [2.45, 2.75) is 31.0 Å². The average molecular weight is 495 g/mol. The number of para-hydroxylation sites is 1. The Morgan fingerprint density at radius 2 is 1.81 bits per heavy atom. The maximum absolute atomic E-state index is 13.9. The van der Waals surface area contributed by atoms with Crippen molar-refractivity contribution >= 4 is 27.1 Å². The molecule has 0 spiro atoms. The first-order valence-corrected chi connectivity index (χ1v) is 12.1. The number of thiophene rings is 1. The monoisotopic (exact) mass is 495 g/mol. The van der Waals surface area contributed by atoms with E-state index in [1.807, 2.05) is 0 Å². The van der Waals surface area contributed by atoms with Gasteiger partial charge in [0, 0.05) is 17.7 Å². The number of nitrogens with one attached hydrogen (secondary N) is 1. The molecule has 3 rings (SSSR count). The van der Waals surface area contributed by atoms with Crippen molar-refractivity contribution < 1.29 is 39.9 Å². The van der Waals surface area contributed by atoms with Crippen molar-refractivity contribution in [2.24, 2.45) is 5.92 Å². The smallest absolute Gasteiger partial charge is 0.456 e. The molecule has 32 heavy (non-hydrogen) atoms. The van der Waals surface area contributed by atoms with E-state index in [2.05, 4.69) is 5.32 Å². The molecular formula is C20H18F5NO4S2. The number of sulfone groups is 1. The van der Waals surface area contributed by atoms with Crippen LogP contribution in [0.1, 0.15) is 27.4 Å². The first kappa shape index (κ1) is 24.2. The zero-order valence-corrected chi connectivity index (χ0v) is 18.2. The molecule has 1 saturated carbocycles. The van der Waals surface area contributed by atoms with Gasteiger partial charge < -0.3 is 10.1 Å². The fourth-order valence-electron chi connectivity index (χ4n) is 2.74. The SMILES string of the molecule is CS(=O)(=O)/C=C/[C@@H](NC(=O)c1sc(C(F)(F)C(F)(F)F)cc1Oc1ccccc1)C1CC1. The van der Waals surface area contributed by atoms with Crippen molar-refractivity contribution in [1.82, 2.24) is 5.32 Å². The van der Waals surface area contributed by atoms with E-state index in [1.165, 1.54) is 18.2 Å². The highest BCUT2D eigenvalue weighted by Gasteiger charge is 2.60. The number of carbonyl (C=O) groups excluding carboxylic acids is 1. The van der Waals surface area contributed by atoms with Gasteiger partial charge in [0.25, 0.3) is 5.91 Å². The van der Waals surface area contributed by atoms with Gasteiger partial charge >= 0.3 is 12.1 Å². The molecule has 1 amide bonds. The molecule has 1 aliphatic carbocycles. The van der Waals surface area contributed by atoms with Crippen LogP contribution in [0, 0.1) is 5.92 Å². The summed E-state index contributed by atoms with van der Waals surface area (Å²) in [5.41, 5.74) is 0. The molecule has 0 unspecified atom stereocenters. The Labute approximate surface area is 184 Å². The van der Waals surface area contributed by atoms with Crippen LogP contribution in [0.25, 0.3) is 0 Å². The van der Waals surface area contributed by atoms with Crippen molar-refractivity contribution in [3.63, 3.8) is 0 Å². The highest BCUT2D eigenvalue weighted by atomic mass is 32.2. The molecule has 2 aromatic rings. The summed E-state index contributed by atoms with van der Waals surface area (Å²) < 4.78 is 94.7. The van der Waals surface area contributed by atoms with E-state index in [1.54, 1.807) is 18.2 Å². The Morgan fingerprint density at radius 1 is 1.19 bits per heavy atom. The molecule has 12 heteroatoms. The van der Waals surface area contributed by atoms with Gasteiger partial charge in [0.15, 0.2) is 15.6 Å². The van der Waals surface area contributed by atoms with Gasteiger partial charge in [-0.3, -0.25) is 4.79 Å². The van der Waals surface area contributed by atoms with Gasteiger partial charge in [-0.25, -0.2) is 8.42 Å². The molecule has 1 heterocycles. The zero-order valence-electron chi connectivity index (χ0n) is 16.5. The van der Waals surface area contributed by atoms with E-state index in [4.69, 9.17) is 4.74 Å². The van der Waals surface area contributed by atoms with Gasteiger partial charge in [0.2, 0.25) is 0 Å². The minimum atomic E-state index is -5.86. The Morgan fingerprint density at radius 3 is 2.34 bits per heavy atom. The van der Waals surface area contributed by atoms with E-state index >= 15 is 0 Å². The summed E-state index contributed by atoms with van der Waals surface area (Å²) in [6.45, 7) is 0. The summed E-state index contributed by atoms with van der Waals surface area (Å²) in [6, 6.07) is 7.43. The number of hydrogen-bond donors (Lipinski definition) is 1. The summed E-state index contributed by atoms with van der Waals surface area (Å²) in [7, 11) is -3.48. The second kappa shape index (κ2) is 8.81. The second-order valence-electron chi connectivity index (χ2n) is 7.29. The number of carbonyl (C=O) groups is 1. The third-order valence-electron chi connectivity index (χ3n) is 4.50. The Balaban J connectivity index is 1.95. The largest absolute Gasteiger partial charge is 0.458 e. The van der Waals surface area contributed by atoms with Crippen LogP contribution in [0.15, 0.2) is 47.9 Å². The lowest BCUT2D eigenvalue weighted by atomic mass is 10.2. The maximum atomic E-state index is 13.9. The van der Waals surface area contributed by atoms with Gasteiger partial charge in [0.1, 0.15) is 10.6 Å². The molecule has 1 fully saturated rings. The third-order valence-corrected chi connectivity index (χ3v) is 6.34. The molecule has 1 aliphatic rings. The number of alkyl halides is 5. The molecule has 5 nitrogen and oxygen atoms in total. The minimum Gasteiger partial charge on any atom is -0.456 e. The summed E-state index contributed by atoms with van der Waals surface area (Å²) in [5.74, 6) is -6.51. The standard InChI is InChI=1S/C20H18F5NO4S2/c1-32(28,29)10-9-14(12-7-8-12)26-18(27)17-15(30-13-5-3-2-4-6-13)11-16(31-17)19(21,22)20(23,24)25/h2-6,9-12,14H,7-8H2,1H3,(H,26,27)/b10-9+/t14-/m1/s1. The van der Waals surface area contributed by atoms with E-state index in [0.717, 1.165) is 11.7 Å². The number of benzene rings is 1. The van der Waals surface area contributed by atoms with Crippen LogP contribution in [-0.2, 0) is 15.8 Å². The highest BCUT2D eigenvalue weighted by molar-refractivity contribution is 7.93. The number of hydrogen-bond acceptors (Lipinski definition) is 5. The Hall–Kier alpha value is -2.47. The molecule has 1 aromatic carbocycles. The zero-order chi connectivity index (χ0) is 23.7. The van der Waals surface area contributed by atoms with Gasteiger partial charge in [0.05, 0.1) is 10.9 Å². The summed E-state index contributed by atoms with van der Waals surface area (Å²) in [5, 5.41) is 3.42. The van der Waals surface area contributed by atoms with Crippen LogP contribution in [0.5, 0.6) is 11.5 Å². The van der Waals surface area contributed by atoms with Crippen molar-refractivity contribution in [2.75, 3.05) is 6.26 Å². The molecule has 0 aliphatic heterocycles. The lowest BCUT2D eigenvalue weighted by Gasteiger charge is -2.17. The van der Waals surface area contributed by atoms with Crippen LogP contribution in [0.4, 0.5) is 22.0 Å². The van der Waals surface area contributed by atoms with Crippen LogP contribution in [0.2, 0.25) is 0 Å². The Kier molecular flexibility index (Phi) is 6.66. The van der Waals surface area contributed by atoms with Gasteiger partial charge in [-0.15, -0.1) is 11.3 Å². The topological polar surface area (TPSA) is 72.5 Å². The molecular weight excluding hydrogens is 477 g/mol. The van der Waals surface area contributed by atoms with E-state index in [9.17, 15) is 35.2 Å². The molecule has 0 radical (unpaired) electrons. The van der Waals surface area contributed by atoms with E-state index in [0.29, 0.717) is 18.9 Å². The van der Waals surface area contributed by atoms with Crippen LogP contribution in [0.3, 0.4) is 0 Å². The number of halogens is 5. The minimum absolute atomic E-state index is 0.0310. The summed E-state index contributed by atoms with van der Waals surface area (Å²) in [4.78, 5) is 10.9. The number of amides is 1. The second-order valence-corrected chi connectivity index (χ2v) is 10.3. The number of rotatable bonds is 8. The van der Waals surface area contributed by atoms with Crippen molar-refractivity contribution in [3.8, 4) is 11.5 Å². The fourth-order valence-corrected chi connectivity index (χ4v) is 4.18.